The molecule has 3 aliphatic heterocycles. The lowest BCUT2D eigenvalue weighted by molar-refractivity contribution is -0.0765. The van der Waals surface area contributed by atoms with Crippen LogP contribution in [0.1, 0.15) is 29.5 Å². The van der Waals surface area contributed by atoms with Crippen molar-refractivity contribution in [1.82, 2.24) is 4.90 Å². The summed E-state index contributed by atoms with van der Waals surface area (Å²) in [6, 6.07) is 16.4. The number of hydrogen-bond acceptors (Lipinski definition) is 2. The Morgan fingerprint density at radius 1 is 1.00 bits per heavy atom. The molecule has 1 unspecified atom stereocenters. The van der Waals surface area contributed by atoms with Crippen molar-refractivity contribution in [3.05, 3.63) is 76.8 Å². The van der Waals surface area contributed by atoms with E-state index in [0.29, 0.717) is 12.7 Å². The van der Waals surface area contributed by atoms with E-state index in [1.165, 1.54) is 31.5 Å². The number of piperidine rings is 3. The molecular formula is C22H25Cl2NO. The number of rotatable bonds is 5. The van der Waals surface area contributed by atoms with Crippen LogP contribution < -0.4 is 0 Å². The summed E-state index contributed by atoms with van der Waals surface area (Å²) in [6.45, 7) is 8.54. The number of halogens is 2. The van der Waals surface area contributed by atoms with Gasteiger partial charge < -0.3 is 9.64 Å². The number of nitrogens with zero attached hydrogens (tertiary/aromatic N) is 1. The van der Waals surface area contributed by atoms with Gasteiger partial charge in [-0.15, -0.1) is 12.4 Å². The summed E-state index contributed by atoms with van der Waals surface area (Å²) in [5, 5.41) is 0.747. The average molecular weight is 390 g/mol. The fraction of sp³-hybridized carbons (Fsp3) is 0.364. The van der Waals surface area contributed by atoms with Gasteiger partial charge >= 0.3 is 0 Å². The van der Waals surface area contributed by atoms with Gasteiger partial charge in [-0.25, -0.2) is 0 Å². The van der Waals surface area contributed by atoms with Crippen molar-refractivity contribution >= 4 is 29.6 Å². The van der Waals surface area contributed by atoms with Crippen LogP contribution in [0.4, 0.5) is 0 Å². The van der Waals surface area contributed by atoms with Crippen molar-refractivity contribution in [3.63, 3.8) is 0 Å². The molecule has 0 radical (unpaired) electrons. The molecule has 0 amide bonds. The van der Waals surface area contributed by atoms with Gasteiger partial charge in [0.1, 0.15) is 0 Å². The van der Waals surface area contributed by atoms with Crippen molar-refractivity contribution in [1.29, 1.82) is 0 Å². The van der Waals surface area contributed by atoms with E-state index < -0.39 is 0 Å². The van der Waals surface area contributed by atoms with Gasteiger partial charge in [-0.1, -0.05) is 54.6 Å². The first kappa shape index (κ1) is 19.4. The zero-order valence-electron chi connectivity index (χ0n) is 14.9. The summed E-state index contributed by atoms with van der Waals surface area (Å²) < 4.78 is 6.22. The largest absolute Gasteiger partial charge is 0.372 e. The first-order chi connectivity index (χ1) is 12.2. The van der Waals surface area contributed by atoms with Gasteiger partial charge in [0.2, 0.25) is 0 Å². The van der Waals surface area contributed by atoms with Crippen LogP contribution in [0.3, 0.4) is 0 Å². The second-order valence-corrected chi connectivity index (χ2v) is 7.61. The molecule has 3 heterocycles. The first-order valence-electron chi connectivity index (χ1n) is 9.07. The van der Waals surface area contributed by atoms with Crippen LogP contribution in [-0.4, -0.2) is 30.6 Å². The van der Waals surface area contributed by atoms with Gasteiger partial charge in [-0.05, 0) is 66.2 Å². The molecule has 2 aromatic carbocycles. The Hall–Kier alpha value is -1.32. The van der Waals surface area contributed by atoms with Crippen molar-refractivity contribution in [2.45, 2.75) is 25.6 Å². The molecular weight excluding hydrogens is 365 g/mol. The standard InChI is InChI=1S/C22H24ClNO.ClH/c1-16(19-6-8-21(23)9-7-19)18-4-2-17(3-5-18)15-25-22-14-24-12-10-20(22)11-13-24;/h2-9,20,22H,1,10-15H2;1H. The smallest absolute Gasteiger partial charge is 0.0735 e. The fourth-order valence-corrected chi connectivity index (χ4v) is 4.05. The van der Waals surface area contributed by atoms with Gasteiger partial charge in [0.15, 0.2) is 0 Å². The lowest BCUT2D eigenvalue weighted by Crippen LogP contribution is -2.51. The molecule has 0 aromatic heterocycles. The van der Waals surface area contributed by atoms with Crippen LogP contribution in [0.2, 0.25) is 5.02 Å². The Balaban J connectivity index is 0.00000196. The van der Waals surface area contributed by atoms with E-state index in [1.54, 1.807) is 0 Å². The van der Waals surface area contributed by atoms with E-state index >= 15 is 0 Å². The summed E-state index contributed by atoms with van der Waals surface area (Å²) >= 11 is 5.96. The summed E-state index contributed by atoms with van der Waals surface area (Å²) in [7, 11) is 0. The highest BCUT2D eigenvalue weighted by Crippen LogP contribution is 2.30. The van der Waals surface area contributed by atoms with Crippen LogP contribution in [0.5, 0.6) is 0 Å². The maximum Gasteiger partial charge on any atom is 0.0735 e. The highest BCUT2D eigenvalue weighted by atomic mass is 35.5. The normalized spacial score (nSPS) is 24.1. The second-order valence-electron chi connectivity index (χ2n) is 7.17. The van der Waals surface area contributed by atoms with Gasteiger partial charge in [-0.2, -0.15) is 0 Å². The molecule has 0 N–H and O–H groups in total. The number of fused-ring (bicyclic) bond motifs is 3. The van der Waals surface area contributed by atoms with Crippen molar-refractivity contribution in [3.8, 4) is 0 Å². The minimum atomic E-state index is 0. The second kappa shape index (κ2) is 8.58. The molecule has 4 heteroatoms. The Labute approximate surface area is 167 Å². The Morgan fingerprint density at radius 3 is 2.12 bits per heavy atom. The van der Waals surface area contributed by atoms with Gasteiger partial charge in [0.25, 0.3) is 0 Å². The molecule has 1 atom stereocenters. The summed E-state index contributed by atoms with van der Waals surface area (Å²) in [4.78, 5) is 2.53. The number of benzene rings is 2. The fourth-order valence-electron chi connectivity index (χ4n) is 3.92. The Kier molecular flexibility index (Phi) is 6.42. The quantitative estimate of drug-likeness (QED) is 0.675. The molecule has 2 bridgehead atoms. The lowest BCUT2D eigenvalue weighted by atomic mass is 9.86. The van der Waals surface area contributed by atoms with Crippen LogP contribution >= 0.6 is 24.0 Å². The van der Waals surface area contributed by atoms with Gasteiger partial charge in [0, 0.05) is 11.6 Å². The summed E-state index contributed by atoms with van der Waals surface area (Å²) in [6.07, 6.45) is 3.00. The van der Waals surface area contributed by atoms with E-state index in [0.717, 1.165) is 34.2 Å². The third-order valence-corrected chi connectivity index (χ3v) is 5.81. The van der Waals surface area contributed by atoms with Gasteiger partial charge in [-0.3, -0.25) is 0 Å². The topological polar surface area (TPSA) is 12.5 Å². The van der Waals surface area contributed by atoms with E-state index in [9.17, 15) is 0 Å². The molecule has 2 aromatic rings. The van der Waals surface area contributed by atoms with Crippen molar-refractivity contribution < 1.29 is 4.74 Å². The molecule has 0 saturated carbocycles. The summed E-state index contributed by atoms with van der Waals surface area (Å²) in [5.41, 5.74) is 4.47. The SMILES string of the molecule is C=C(c1ccc(Cl)cc1)c1ccc(COC2CN3CCC2CC3)cc1.Cl. The maximum absolute atomic E-state index is 6.22. The molecule has 0 aliphatic carbocycles. The zero-order chi connectivity index (χ0) is 17.2. The third-order valence-electron chi connectivity index (χ3n) is 5.56. The first-order valence-corrected chi connectivity index (χ1v) is 9.45. The van der Waals surface area contributed by atoms with Crippen LogP contribution in [0.25, 0.3) is 5.57 Å². The predicted octanol–water partition coefficient (Wildman–Crippen LogP) is 5.43. The highest BCUT2D eigenvalue weighted by molar-refractivity contribution is 6.30. The molecule has 2 nitrogen and oxygen atoms in total. The third kappa shape index (κ3) is 4.32. The minimum Gasteiger partial charge on any atom is -0.372 e. The maximum atomic E-state index is 6.22. The molecule has 5 rings (SSSR count). The number of ether oxygens (including phenoxy) is 1. The molecule has 3 saturated heterocycles. The molecule has 26 heavy (non-hydrogen) atoms. The highest BCUT2D eigenvalue weighted by Gasteiger charge is 2.34. The molecule has 3 fully saturated rings. The van der Waals surface area contributed by atoms with Crippen molar-refractivity contribution in [2.24, 2.45) is 5.92 Å². The van der Waals surface area contributed by atoms with Crippen LogP contribution in [-0.2, 0) is 11.3 Å². The molecule has 0 spiro atoms. The Bertz CT molecular complexity index is 734. The van der Waals surface area contributed by atoms with E-state index in [1.807, 2.05) is 24.3 Å². The van der Waals surface area contributed by atoms with Crippen LogP contribution in [0, 0.1) is 5.92 Å². The van der Waals surface area contributed by atoms with Gasteiger partial charge in [0.05, 0.1) is 12.7 Å². The van der Waals surface area contributed by atoms with Crippen molar-refractivity contribution in [2.75, 3.05) is 19.6 Å². The van der Waals surface area contributed by atoms with E-state index in [4.69, 9.17) is 16.3 Å². The van der Waals surface area contributed by atoms with E-state index in [-0.39, 0.29) is 12.4 Å². The van der Waals surface area contributed by atoms with Crippen LogP contribution in [0.15, 0.2) is 55.1 Å². The lowest BCUT2D eigenvalue weighted by Gasteiger charge is -2.44. The summed E-state index contributed by atoms with van der Waals surface area (Å²) in [5.74, 6) is 0.758. The minimum absolute atomic E-state index is 0. The van der Waals surface area contributed by atoms with E-state index in [2.05, 4.69) is 35.7 Å². The zero-order valence-corrected chi connectivity index (χ0v) is 16.4. The molecule has 3 aliphatic rings. The average Bonchev–Trinajstić information content (AvgIpc) is 2.68. The predicted molar refractivity (Wildman–Crippen MR) is 111 cm³/mol. The number of hydrogen-bond donors (Lipinski definition) is 0. The Morgan fingerprint density at radius 2 is 1.58 bits per heavy atom. The monoisotopic (exact) mass is 389 g/mol. The molecule has 138 valence electrons.